The zero-order chi connectivity index (χ0) is 19.1. The third-order valence-electron chi connectivity index (χ3n) is 4.41. The van der Waals surface area contributed by atoms with E-state index in [0.717, 1.165) is 5.75 Å². The summed E-state index contributed by atoms with van der Waals surface area (Å²) in [6, 6.07) is 9.66. The van der Waals surface area contributed by atoms with E-state index in [1.807, 2.05) is 6.92 Å². The molecule has 0 radical (unpaired) electrons. The lowest BCUT2D eigenvalue weighted by molar-refractivity contribution is 0.751. The summed E-state index contributed by atoms with van der Waals surface area (Å²) in [4.78, 5) is 29.2. The fourth-order valence-corrected chi connectivity index (χ4v) is 3.74. The number of thioether (sulfide) groups is 1. The smallest absolute Gasteiger partial charge is 0.275 e. The summed E-state index contributed by atoms with van der Waals surface area (Å²) in [6.07, 6.45) is 0. The van der Waals surface area contributed by atoms with Crippen LogP contribution in [0.2, 0.25) is 0 Å². The van der Waals surface area contributed by atoms with Crippen LogP contribution in [-0.4, -0.2) is 29.5 Å². The SMILES string of the molecule is Cc1ccc(CSc2n[nH]c(-n3c(C)c4c(=O)n(C)[nH]c4cc3=O)n2)cc1. The molecule has 8 nitrogen and oxygen atoms in total. The average Bonchev–Trinajstić information content (AvgIpc) is 3.19. The molecule has 0 aliphatic heterocycles. The van der Waals surface area contributed by atoms with Crippen LogP contribution in [-0.2, 0) is 12.8 Å². The molecule has 1 aromatic carbocycles. The van der Waals surface area contributed by atoms with Crippen molar-refractivity contribution < 1.29 is 0 Å². The normalized spacial score (nSPS) is 11.4. The van der Waals surface area contributed by atoms with Crippen molar-refractivity contribution in [3.63, 3.8) is 0 Å². The fourth-order valence-electron chi connectivity index (χ4n) is 2.99. The standard InChI is InChI=1S/C18H18N6O2S/c1-10-4-6-12(7-5-10)9-27-18-19-17(20-21-18)24-11(2)15-13(8-14(24)25)22-23(3)16(15)26/h4-8,22H,9H2,1-3H3,(H,19,20,21). The van der Waals surface area contributed by atoms with Gasteiger partial charge in [0.15, 0.2) is 0 Å². The average molecular weight is 382 g/mol. The van der Waals surface area contributed by atoms with E-state index < -0.39 is 0 Å². The third kappa shape index (κ3) is 3.10. The summed E-state index contributed by atoms with van der Waals surface area (Å²) in [6.45, 7) is 3.77. The van der Waals surface area contributed by atoms with Crippen LogP contribution in [0.15, 0.2) is 45.1 Å². The Labute approximate surface area is 158 Å². The zero-order valence-electron chi connectivity index (χ0n) is 15.1. The topological polar surface area (TPSA) is 101 Å². The molecule has 0 atom stereocenters. The lowest BCUT2D eigenvalue weighted by atomic mass is 10.2. The summed E-state index contributed by atoms with van der Waals surface area (Å²) < 4.78 is 2.73. The van der Waals surface area contributed by atoms with Crippen molar-refractivity contribution in [1.29, 1.82) is 0 Å². The van der Waals surface area contributed by atoms with Gasteiger partial charge >= 0.3 is 0 Å². The van der Waals surface area contributed by atoms with Crippen molar-refractivity contribution >= 4 is 22.7 Å². The molecule has 0 aliphatic rings. The van der Waals surface area contributed by atoms with Crippen LogP contribution >= 0.6 is 11.8 Å². The number of benzene rings is 1. The highest BCUT2D eigenvalue weighted by Gasteiger charge is 2.16. The minimum atomic E-state index is -0.284. The number of rotatable bonds is 4. The van der Waals surface area contributed by atoms with Gasteiger partial charge in [0, 0.05) is 24.6 Å². The summed E-state index contributed by atoms with van der Waals surface area (Å²) in [7, 11) is 1.62. The zero-order valence-corrected chi connectivity index (χ0v) is 15.9. The lowest BCUT2D eigenvalue weighted by Crippen LogP contribution is -2.22. The first-order valence-corrected chi connectivity index (χ1v) is 9.35. The van der Waals surface area contributed by atoms with Crippen LogP contribution in [0, 0.1) is 13.8 Å². The van der Waals surface area contributed by atoms with Crippen LogP contribution < -0.4 is 11.1 Å². The Balaban J connectivity index is 1.67. The molecule has 0 saturated heterocycles. The Morgan fingerprint density at radius 1 is 1.15 bits per heavy atom. The number of fused-ring (bicyclic) bond motifs is 1. The van der Waals surface area contributed by atoms with E-state index in [0.29, 0.717) is 27.7 Å². The van der Waals surface area contributed by atoms with Crippen LogP contribution in [0.3, 0.4) is 0 Å². The molecule has 4 aromatic rings. The second-order valence-electron chi connectivity index (χ2n) is 6.38. The van der Waals surface area contributed by atoms with Crippen molar-refractivity contribution in [1.82, 2.24) is 29.5 Å². The Hall–Kier alpha value is -3.07. The summed E-state index contributed by atoms with van der Waals surface area (Å²) in [5.74, 6) is 1.03. The maximum Gasteiger partial charge on any atom is 0.275 e. The molecule has 0 amide bonds. The van der Waals surface area contributed by atoms with Crippen molar-refractivity contribution in [2.24, 2.45) is 7.05 Å². The van der Waals surface area contributed by atoms with Crippen LogP contribution in [0.4, 0.5) is 0 Å². The maximum atomic E-state index is 12.5. The van der Waals surface area contributed by atoms with Gasteiger partial charge < -0.3 is 0 Å². The molecule has 2 N–H and O–H groups in total. The first-order chi connectivity index (χ1) is 12.9. The van der Waals surface area contributed by atoms with Crippen LogP contribution in [0.1, 0.15) is 16.8 Å². The molecular formula is C18H18N6O2S. The van der Waals surface area contributed by atoms with Gasteiger partial charge in [-0.1, -0.05) is 41.6 Å². The van der Waals surface area contributed by atoms with E-state index >= 15 is 0 Å². The van der Waals surface area contributed by atoms with E-state index in [-0.39, 0.29) is 11.1 Å². The number of hydrogen-bond donors (Lipinski definition) is 2. The molecule has 9 heteroatoms. The highest BCUT2D eigenvalue weighted by atomic mass is 32.2. The van der Waals surface area contributed by atoms with E-state index in [1.165, 1.54) is 38.2 Å². The quantitative estimate of drug-likeness (QED) is 0.526. The van der Waals surface area contributed by atoms with Crippen molar-refractivity contribution in [2.45, 2.75) is 24.8 Å². The highest BCUT2D eigenvalue weighted by Crippen LogP contribution is 2.20. The number of aromatic amines is 2. The molecule has 27 heavy (non-hydrogen) atoms. The van der Waals surface area contributed by atoms with E-state index in [4.69, 9.17) is 0 Å². The summed E-state index contributed by atoms with van der Waals surface area (Å²) in [5.41, 5.74) is 2.94. The Morgan fingerprint density at radius 2 is 1.89 bits per heavy atom. The minimum absolute atomic E-state index is 0.190. The predicted molar refractivity (Wildman–Crippen MR) is 105 cm³/mol. The Morgan fingerprint density at radius 3 is 2.63 bits per heavy atom. The molecule has 138 valence electrons. The molecule has 0 aliphatic carbocycles. The van der Waals surface area contributed by atoms with Crippen molar-refractivity contribution in [3.8, 4) is 5.95 Å². The van der Waals surface area contributed by atoms with Crippen LogP contribution in [0.25, 0.3) is 16.9 Å². The van der Waals surface area contributed by atoms with Gasteiger partial charge in [-0.15, -0.1) is 5.10 Å². The predicted octanol–water partition coefficient (Wildman–Crippen LogP) is 2.04. The second-order valence-corrected chi connectivity index (χ2v) is 7.33. The molecule has 3 aromatic heterocycles. The van der Waals surface area contributed by atoms with E-state index in [9.17, 15) is 9.59 Å². The molecule has 3 heterocycles. The van der Waals surface area contributed by atoms with Gasteiger partial charge in [-0.3, -0.25) is 19.4 Å². The molecule has 0 spiro atoms. The monoisotopic (exact) mass is 382 g/mol. The van der Waals surface area contributed by atoms with Gasteiger partial charge in [0.1, 0.15) is 0 Å². The summed E-state index contributed by atoms with van der Waals surface area (Å²) >= 11 is 1.48. The largest absolute Gasteiger partial charge is 0.295 e. The van der Waals surface area contributed by atoms with Gasteiger partial charge in [-0.2, -0.15) is 4.98 Å². The Bertz CT molecular complexity index is 1250. The molecule has 0 fully saturated rings. The number of nitrogens with zero attached hydrogens (tertiary/aromatic N) is 4. The third-order valence-corrected chi connectivity index (χ3v) is 5.33. The van der Waals surface area contributed by atoms with Gasteiger partial charge in [0.25, 0.3) is 11.1 Å². The number of H-pyrrole nitrogens is 2. The molecule has 0 bridgehead atoms. The number of pyridine rings is 1. The van der Waals surface area contributed by atoms with Crippen molar-refractivity contribution in [3.05, 3.63) is 67.9 Å². The number of aromatic nitrogens is 6. The maximum absolute atomic E-state index is 12.5. The van der Waals surface area contributed by atoms with Gasteiger partial charge in [-0.25, -0.2) is 9.67 Å². The van der Waals surface area contributed by atoms with Crippen LogP contribution in [0.5, 0.6) is 0 Å². The number of hydrogen-bond acceptors (Lipinski definition) is 5. The lowest BCUT2D eigenvalue weighted by Gasteiger charge is -2.05. The second kappa shape index (κ2) is 6.58. The van der Waals surface area contributed by atoms with E-state index in [1.54, 1.807) is 14.0 Å². The van der Waals surface area contributed by atoms with Gasteiger partial charge in [0.05, 0.1) is 10.9 Å². The Kier molecular flexibility index (Phi) is 4.23. The summed E-state index contributed by atoms with van der Waals surface area (Å²) in [5, 5.41) is 10.9. The fraction of sp³-hybridized carbons (Fsp3) is 0.222. The van der Waals surface area contributed by atoms with Crippen molar-refractivity contribution in [2.75, 3.05) is 0 Å². The van der Waals surface area contributed by atoms with E-state index in [2.05, 4.69) is 44.5 Å². The first kappa shape index (κ1) is 17.3. The number of nitrogens with one attached hydrogen (secondary N) is 2. The molecule has 4 rings (SSSR count). The minimum Gasteiger partial charge on any atom is -0.295 e. The number of aryl methyl sites for hydroxylation is 3. The molecular weight excluding hydrogens is 364 g/mol. The first-order valence-electron chi connectivity index (χ1n) is 8.36. The molecule has 0 saturated carbocycles. The van der Waals surface area contributed by atoms with Gasteiger partial charge in [0.2, 0.25) is 11.1 Å². The van der Waals surface area contributed by atoms with Gasteiger partial charge in [-0.05, 0) is 19.4 Å². The molecule has 0 unspecified atom stereocenters. The highest BCUT2D eigenvalue weighted by molar-refractivity contribution is 7.98.